The first-order valence-electron chi connectivity index (χ1n) is 10.2. The molecule has 1 unspecified atom stereocenters. The Bertz CT molecular complexity index is 1580. The summed E-state index contributed by atoms with van der Waals surface area (Å²) in [6, 6.07) is 7.13. The second-order valence-electron chi connectivity index (χ2n) is 7.45. The van der Waals surface area contributed by atoms with E-state index in [-0.39, 0.29) is 36.6 Å². The Kier molecular flexibility index (Phi) is 6.64. The quantitative estimate of drug-likeness (QED) is 0.130. The fourth-order valence-corrected chi connectivity index (χ4v) is 6.25. The highest BCUT2D eigenvalue weighted by atomic mass is 32.2. The van der Waals surface area contributed by atoms with Crippen LogP contribution in [0.1, 0.15) is 11.9 Å². The highest BCUT2D eigenvalue weighted by molar-refractivity contribution is 7.92. The Morgan fingerprint density at radius 1 is 1.06 bits per heavy atom. The monoisotopic (exact) mass is 521 g/mol. The number of hydrogen-bond acceptors (Lipinski definition) is 11. The van der Waals surface area contributed by atoms with E-state index < -0.39 is 35.9 Å². The first kappa shape index (κ1) is 24.8. The molecule has 0 amide bonds. The summed E-state index contributed by atoms with van der Waals surface area (Å²) >= 11 is 0. The van der Waals surface area contributed by atoms with Gasteiger partial charge in [0.1, 0.15) is 15.6 Å². The van der Waals surface area contributed by atoms with E-state index in [1.807, 2.05) is 0 Å². The number of tetrazole rings is 1. The zero-order chi connectivity index (χ0) is 25.4. The maximum absolute atomic E-state index is 13.0. The SMILES string of the molecule is NCCNS(=O)(=O)c1ccc(-c2cccc3[nH]c(C(N)CN)nc23)c(-c2nn[nH]n2)c1S(N)(=O)=O. The average molecular weight is 522 g/mol. The lowest BCUT2D eigenvalue weighted by atomic mass is 9.98. The number of nitrogens with two attached hydrogens (primary N) is 4. The molecule has 0 radical (unpaired) electrons. The number of fused-ring (bicyclic) bond motifs is 1. The maximum Gasteiger partial charge on any atom is 0.241 e. The van der Waals surface area contributed by atoms with Gasteiger partial charge in [0.2, 0.25) is 25.9 Å². The number of hydrogen-bond donors (Lipinski definition) is 7. The van der Waals surface area contributed by atoms with Crippen molar-refractivity contribution in [2.24, 2.45) is 22.3 Å². The van der Waals surface area contributed by atoms with Crippen molar-refractivity contribution in [3.63, 3.8) is 0 Å². The number of imidazole rings is 1. The topological polar surface area (TPSA) is 268 Å². The van der Waals surface area contributed by atoms with Crippen LogP contribution >= 0.6 is 0 Å². The summed E-state index contributed by atoms with van der Waals surface area (Å²) in [6.45, 7) is 0.0117. The fraction of sp³-hybridized carbons (Fsp3) is 0.222. The zero-order valence-corrected chi connectivity index (χ0v) is 19.8. The standard InChI is InChI=1S/C18H23N11O4S2/c19-6-7-23-35(32,33)13-5-4-9(14(16(13)34(22,30)31)18-26-28-29-27-18)10-2-1-3-12-15(10)25-17(24-12)11(21)8-20/h1-5,11,23H,6-8,19-21H2,(H,24,25)(H2,22,30,31)(H,26,27,28,29). The number of H-pyrrole nitrogens is 2. The molecular formula is C18H23N11O4S2. The number of aromatic amines is 2. The van der Waals surface area contributed by atoms with Crippen LogP contribution in [0.15, 0.2) is 40.1 Å². The summed E-state index contributed by atoms with van der Waals surface area (Å²) in [7, 11) is -8.96. The maximum atomic E-state index is 13.0. The van der Waals surface area contributed by atoms with E-state index in [0.717, 1.165) is 6.07 Å². The molecular weight excluding hydrogens is 498 g/mol. The van der Waals surface area contributed by atoms with Gasteiger partial charge in [-0.15, -0.1) is 10.2 Å². The van der Waals surface area contributed by atoms with E-state index in [9.17, 15) is 16.8 Å². The lowest BCUT2D eigenvalue weighted by molar-refractivity contribution is 0.574. The van der Waals surface area contributed by atoms with Gasteiger partial charge < -0.3 is 22.2 Å². The number of primary sulfonamides is 1. The summed E-state index contributed by atoms with van der Waals surface area (Å²) in [6.07, 6.45) is 0. The molecule has 35 heavy (non-hydrogen) atoms. The second-order valence-corrected chi connectivity index (χ2v) is 10.7. The predicted molar refractivity (Wildman–Crippen MR) is 126 cm³/mol. The van der Waals surface area contributed by atoms with Crippen LogP contribution < -0.4 is 27.1 Å². The summed E-state index contributed by atoms with van der Waals surface area (Å²) in [4.78, 5) is 6.34. The Balaban J connectivity index is 2.10. The molecule has 0 saturated heterocycles. The third-order valence-electron chi connectivity index (χ3n) is 5.13. The number of benzene rings is 2. The Morgan fingerprint density at radius 3 is 2.46 bits per heavy atom. The Labute approximate surface area is 199 Å². The lowest BCUT2D eigenvalue weighted by Crippen LogP contribution is -2.31. The van der Waals surface area contributed by atoms with Crippen molar-refractivity contribution < 1.29 is 16.8 Å². The Hall–Kier alpha value is -3.32. The molecule has 0 aliphatic heterocycles. The van der Waals surface area contributed by atoms with E-state index in [1.54, 1.807) is 18.2 Å². The van der Waals surface area contributed by atoms with Crippen molar-refractivity contribution in [1.29, 1.82) is 0 Å². The van der Waals surface area contributed by atoms with Crippen molar-refractivity contribution in [1.82, 2.24) is 35.3 Å². The fourth-order valence-electron chi connectivity index (χ4n) is 3.60. The van der Waals surface area contributed by atoms with Crippen LogP contribution in [0.5, 0.6) is 0 Å². The van der Waals surface area contributed by atoms with Gasteiger partial charge in [-0.25, -0.2) is 31.7 Å². The summed E-state index contributed by atoms with van der Waals surface area (Å²) in [5.74, 6) is 0.235. The van der Waals surface area contributed by atoms with E-state index >= 15 is 0 Å². The van der Waals surface area contributed by atoms with Crippen molar-refractivity contribution in [2.75, 3.05) is 19.6 Å². The molecule has 0 saturated carbocycles. The van der Waals surface area contributed by atoms with Gasteiger partial charge >= 0.3 is 0 Å². The van der Waals surface area contributed by atoms with Gasteiger partial charge in [0, 0.05) is 25.2 Å². The predicted octanol–water partition coefficient (Wildman–Crippen LogP) is -1.75. The zero-order valence-electron chi connectivity index (χ0n) is 18.1. The molecule has 0 fully saturated rings. The van der Waals surface area contributed by atoms with Crippen LogP contribution in [-0.4, -0.2) is 67.1 Å². The van der Waals surface area contributed by atoms with Gasteiger partial charge in [0.15, 0.2) is 0 Å². The van der Waals surface area contributed by atoms with E-state index in [0.29, 0.717) is 22.4 Å². The van der Waals surface area contributed by atoms with Crippen LogP contribution in [0, 0.1) is 0 Å². The molecule has 11 N–H and O–H groups in total. The molecule has 1 atom stereocenters. The summed E-state index contributed by atoms with van der Waals surface area (Å²) in [5, 5.41) is 19.0. The van der Waals surface area contributed by atoms with Crippen molar-refractivity contribution >= 4 is 31.1 Å². The van der Waals surface area contributed by atoms with Gasteiger partial charge in [0.05, 0.1) is 22.6 Å². The number of sulfonamides is 2. The molecule has 2 aromatic heterocycles. The third kappa shape index (κ3) is 4.65. The average Bonchev–Trinajstić information content (AvgIpc) is 3.50. The molecule has 0 aliphatic carbocycles. The molecule has 0 bridgehead atoms. The molecule has 0 aliphatic rings. The van der Waals surface area contributed by atoms with E-state index in [4.69, 9.17) is 22.3 Å². The van der Waals surface area contributed by atoms with Crippen molar-refractivity contribution in [3.8, 4) is 22.5 Å². The molecule has 2 heterocycles. The van der Waals surface area contributed by atoms with E-state index in [2.05, 4.69) is 35.3 Å². The Morgan fingerprint density at radius 2 is 1.83 bits per heavy atom. The first-order chi connectivity index (χ1) is 16.6. The van der Waals surface area contributed by atoms with Gasteiger partial charge in [-0.1, -0.05) is 18.2 Å². The number of nitrogens with zero attached hydrogens (tertiary/aromatic N) is 4. The minimum absolute atomic E-state index is 0.00581. The number of aromatic nitrogens is 6. The smallest absolute Gasteiger partial charge is 0.241 e. The normalized spacial score (nSPS) is 13.4. The second kappa shape index (κ2) is 9.38. The van der Waals surface area contributed by atoms with Crippen molar-refractivity contribution in [3.05, 3.63) is 36.2 Å². The summed E-state index contributed by atoms with van der Waals surface area (Å²) in [5.41, 5.74) is 18.6. The molecule has 15 nitrogen and oxygen atoms in total. The first-order valence-corrected chi connectivity index (χ1v) is 13.2. The van der Waals surface area contributed by atoms with Crippen LogP contribution in [-0.2, 0) is 20.0 Å². The van der Waals surface area contributed by atoms with Gasteiger partial charge in [0.25, 0.3) is 0 Å². The van der Waals surface area contributed by atoms with Gasteiger partial charge in [-0.3, -0.25) is 0 Å². The van der Waals surface area contributed by atoms with Gasteiger partial charge in [-0.05, 0) is 22.9 Å². The molecule has 0 spiro atoms. The highest BCUT2D eigenvalue weighted by Gasteiger charge is 2.32. The molecule has 4 aromatic rings. The lowest BCUT2D eigenvalue weighted by Gasteiger charge is -2.16. The van der Waals surface area contributed by atoms with Crippen LogP contribution in [0.4, 0.5) is 0 Å². The van der Waals surface area contributed by atoms with Crippen LogP contribution in [0.2, 0.25) is 0 Å². The molecule has 4 rings (SSSR count). The number of para-hydroxylation sites is 1. The van der Waals surface area contributed by atoms with E-state index in [1.165, 1.54) is 6.07 Å². The minimum Gasteiger partial charge on any atom is -0.341 e. The summed E-state index contributed by atoms with van der Waals surface area (Å²) < 4.78 is 53.7. The molecule has 2 aromatic carbocycles. The van der Waals surface area contributed by atoms with Crippen LogP contribution in [0.25, 0.3) is 33.5 Å². The van der Waals surface area contributed by atoms with Crippen molar-refractivity contribution in [2.45, 2.75) is 15.8 Å². The van der Waals surface area contributed by atoms with Gasteiger partial charge in [-0.2, -0.15) is 5.21 Å². The molecule has 186 valence electrons. The largest absolute Gasteiger partial charge is 0.341 e. The number of nitrogens with one attached hydrogen (secondary N) is 3. The minimum atomic E-state index is -4.63. The molecule has 17 heteroatoms. The highest BCUT2D eigenvalue weighted by Crippen LogP contribution is 2.40. The number of rotatable bonds is 9. The van der Waals surface area contributed by atoms with Crippen LogP contribution in [0.3, 0.4) is 0 Å². The third-order valence-corrected chi connectivity index (χ3v) is 7.75.